The lowest BCUT2D eigenvalue weighted by Gasteiger charge is -2.30. The number of amides is 2. The molecule has 1 heterocycles. The Morgan fingerprint density at radius 2 is 1.56 bits per heavy atom. The fourth-order valence-corrected chi connectivity index (χ4v) is 4.48. The van der Waals surface area contributed by atoms with E-state index in [2.05, 4.69) is 24.4 Å². The number of carbonyl (C=O) groups is 2. The van der Waals surface area contributed by atoms with E-state index in [1.807, 2.05) is 32.9 Å². The van der Waals surface area contributed by atoms with Crippen molar-refractivity contribution in [1.82, 2.24) is 0 Å². The summed E-state index contributed by atoms with van der Waals surface area (Å²) in [6.07, 6.45) is 1.61. The quantitative estimate of drug-likeness (QED) is 0.245. The van der Waals surface area contributed by atoms with Crippen molar-refractivity contribution in [2.75, 3.05) is 49.8 Å². The highest BCUT2D eigenvalue weighted by Gasteiger charge is 2.26. The van der Waals surface area contributed by atoms with Gasteiger partial charge in [0.05, 0.1) is 32.1 Å². The maximum absolute atomic E-state index is 13.3. The van der Waals surface area contributed by atoms with E-state index in [1.165, 1.54) is 5.56 Å². The molecule has 1 aliphatic rings. The Morgan fingerprint density at radius 1 is 0.878 bits per heavy atom. The Labute approximate surface area is 241 Å². The van der Waals surface area contributed by atoms with Crippen LogP contribution in [0.1, 0.15) is 50.0 Å². The Kier molecular flexibility index (Phi) is 10.3. The predicted octanol–water partition coefficient (Wildman–Crippen LogP) is 5.89. The number of hydrogen-bond donors (Lipinski definition) is 1. The SMILES string of the molecule is CCOc1cc(C(=O)Nc2ccc3c(c2)N(CCCOc2ccc(CC)cc2)C(=O)CO3)cc(OCC)c1OCC. The van der Waals surface area contributed by atoms with Crippen LogP contribution in [0.25, 0.3) is 0 Å². The lowest BCUT2D eigenvalue weighted by Crippen LogP contribution is -2.39. The highest BCUT2D eigenvalue weighted by Crippen LogP contribution is 2.40. The standard InChI is InChI=1S/C32H38N2O7/c1-5-22-10-13-25(14-11-22)40-17-9-16-34-26-20-24(12-15-27(26)41-21-30(34)35)33-32(36)23-18-28(37-6-2)31(39-8-4)29(19-23)38-7-3/h10-15,18-20H,5-9,16-17,21H2,1-4H3,(H,33,36). The molecule has 0 radical (unpaired) electrons. The summed E-state index contributed by atoms with van der Waals surface area (Å²) >= 11 is 0. The maximum Gasteiger partial charge on any atom is 0.265 e. The van der Waals surface area contributed by atoms with Gasteiger partial charge in [-0.2, -0.15) is 0 Å². The van der Waals surface area contributed by atoms with E-state index in [0.29, 0.717) is 79.3 Å². The van der Waals surface area contributed by atoms with Crippen LogP contribution in [-0.2, 0) is 11.2 Å². The zero-order valence-corrected chi connectivity index (χ0v) is 24.2. The highest BCUT2D eigenvalue weighted by molar-refractivity contribution is 6.06. The number of anilines is 2. The summed E-state index contributed by atoms with van der Waals surface area (Å²) in [6, 6.07) is 16.5. The summed E-state index contributed by atoms with van der Waals surface area (Å²) in [5.41, 5.74) is 2.73. The molecule has 218 valence electrons. The van der Waals surface area contributed by atoms with Crippen molar-refractivity contribution in [1.29, 1.82) is 0 Å². The van der Waals surface area contributed by atoms with Gasteiger partial charge in [0.25, 0.3) is 11.8 Å². The molecule has 3 aromatic rings. The van der Waals surface area contributed by atoms with Gasteiger partial charge in [-0.3, -0.25) is 9.59 Å². The Morgan fingerprint density at radius 3 is 2.20 bits per heavy atom. The molecule has 3 aromatic carbocycles. The molecule has 0 unspecified atom stereocenters. The van der Waals surface area contributed by atoms with Crippen molar-refractivity contribution in [3.63, 3.8) is 0 Å². The Hall–Kier alpha value is -4.40. The van der Waals surface area contributed by atoms with Gasteiger partial charge in [-0.15, -0.1) is 0 Å². The van der Waals surface area contributed by atoms with Crippen molar-refractivity contribution in [2.24, 2.45) is 0 Å². The summed E-state index contributed by atoms with van der Waals surface area (Å²) in [7, 11) is 0. The summed E-state index contributed by atoms with van der Waals surface area (Å²) in [5, 5.41) is 2.92. The van der Waals surface area contributed by atoms with E-state index in [4.69, 9.17) is 23.7 Å². The first-order chi connectivity index (χ1) is 20.0. The molecule has 9 nitrogen and oxygen atoms in total. The van der Waals surface area contributed by atoms with Crippen LogP contribution in [0.5, 0.6) is 28.7 Å². The van der Waals surface area contributed by atoms with Crippen LogP contribution in [0.3, 0.4) is 0 Å². The minimum atomic E-state index is -0.355. The molecule has 41 heavy (non-hydrogen) atoms. The van der Waals surface area contributed by atoms with Crippen LogP contribution in [0.4, 0.5) is 11.4 Å². The molecule has 9 heteroatoms. The molecule has 0 saturated heterocycles. The molecule has 2 amide bonds. The van der Waals surface area contributed by atoms with E-state index in [1.54, 1.807) is 35.2 Å². The zero-order chi connectivity index (χ0) is 29.2. The molecule has 0 fully saturated rings. The fraction of sp³-hybridized carbons (Fsp3) is 0.375. The van der Waals surface area contributed by atoms with Crippen molar-refractivity contribution in [3.8, 4) is 28.7 Å². The van der Waals surface area contributed by atoms with Gasteiger partial charge >= 0.3 is 0 Å². The van der Waals surface area contributed by atoms with Crippen molar-refractivity contribution in [3.05, 3.63) is 65.7 Å². The molecule has 4 rings (SSSR count). The first kappa shape index (κ1) is 29.6. The molecule has 0 spiro atoms. The number of carbonyl (C=O) groups excluding carboxylic acids is 2. The number of nitrogens with one attached hydrogen (secondary N) is 1. The van der Waals surface area contributed by atoms with E-state index < -0.39 is 0 Å². The van der Waals surface area contributed by atoms with Crippen LogP contribution < -0.4 is 33.9 Å². The second-order valence-electron chi connectivity index (χ2n) is 9.27. The average Bonchev–Trinajstić information content (AvgIpc) is 2.98. The van der Waals surface area contributed by atoms with E-state index in [0.717, 1.165) is 12.2 Å². The molecule has 0 aromatic heterocycles. The smallest absolute Gasteiger partial charge is 0.265 e. The first-order valence-corrected chi connectivity index (χ1v) is 14.1. The van der Waals surface area contributed by atoms with Crippen LogP contribution in [-0.4, -0.2) is 51.4 Å². The van der Waals surface area contributed by atoms with Gasteiger partial charge in [0.1, 0.15) is 11.5 Å². The minimum absolute atomic E-state index is 0.0371. The van der Waals surface area contributed by atoms with Crippen LogP contribution in [0.2, 0.25) is 0 Å². The zero-order valence-electron chi connectivity index (χ0n) is 24.2. The first-order valence-electron chi connectivity index (χ1n) is 14.1. The topological polar surface area (TPSA) is 95.6 Å². The third-order valence-corrected chi connectivity index (χ3v) is 6.46. The van der Waals surface area contributed by atoms with Crippen molar-refractivity contribution in [2.45, 2.75) is 40.5 Å². The Bertz CT molecular complexity index is 1310. The van der Waals surface area contributed by atoms with Gasteiger partial charge in [-0.1, -0.05) is 19.1 Å². The second-order valence-corrected chi connectivity index (χ2v) is 9.27. The number of fused-ring (bicyclic) bond motifs is 1. The predicted molar refractivity (Wildman–Crippen MR) is 158 cm³/mol. The Balaban J connectivity index is 1.47. The van der Waals surface area contributed by atoms with E-state index in [9.17, 15) is 9.59 Å². The van der Waals surface area contributed by atoms with E-state index in [-0.39, 0.29) is 18.4 Å². The van der Waals surface area contributed by atoms with Gasteiger partial charge in [0.2, 0.25) is 5.75 Å². The minimum Gasteiger partial charge on any atom is -0.494 e. The summed E-state index contributed by atoms with van der Waals surface area (Å²) in [4.78, 5) is 27.7. The lowest BCUT2D eigenvalue weighted by atomic mass is 10.1. The number of rotatable bonds is 14. The third kappa shape index (κ3) is 7.42. The van der Waals surface area contributed by atoms with Gasteiger partial charge in [-0.05, 0) is 81.6 Å². The van der Waals surface area contributed by atoms with Gasteiger partial charge < -0.3 is 33.9 Å². The second kappa shape index (κ2) is 14.3. The molecule has 0 bridgehead atoms. The third-order valence-electron chi connectivity index (χ3n) is 6.46. The van der Waals surface area contributed by atoms with Crippen molar-refractivity contribution < 1.29 is 33.3 Å². The molecule has 0 aliphatic carbocycles. The van der Waals surface area contributed by atoms with Crippen LogP contribution in [0.15, 0.2) is 54.6 Å². The highest BCUT2D eigenvalue weighted by atomic mass is 16.5. The normalized spacial score (nSPS) is 12.3. The number of aryl methyl sites for hydroxylation is 1. The summed E-state index contributed by atoms with van der Waals surface area (Å²) < 4.78 is 28.8. The number of nitrogens with zero attached hydrogens (tertiary/aromatic N) is 1. The molecule has 0 saturated carbocycles. The van der Waals surface area contributed by atoms with Crippen molar-refractivity contribution >= 4 is 23.2 Å². The number of benzene rings is 3. The summed E-state index contributed by atoms with van der Waals surface area (Å²) in [5.74, 6) is 2.21. The van der Waals surface area contributed by atoms with Gasteiger partial charge in [0, 0.05) is 17.8 Å². The fourth-order valence-electron chi connectivity index (χ4n) is 4.48. The molecule has 0 atom stereocenters. The summed E-state index contributed by atoms with van der Waals surface area (Å²) in [6.45, 7) is 9.82. The number of hydrogen-bond acceptors (Lipinski definition) is 7. The molecular weight excluding hydrogens is 524 g/mol. The number of ether oxygens (including phenoxy) is 5. The molecule has 1 aliphatic heterocycles. The average molecular weight is 563 g/mol. The van der Waals surface area contributed by atoms with E-state index >= 15 is 0 Å². The monoisotopic (exact) mass is 562 g/mol. The van der Waals surface area contributed by atoms with Crippen LogP contribution >= 0.6 is 0 Å². The molecule has 1 N–H and O–H groups in total. The largest absolute Gasteiger partial charge is 0.494 e. The van der Waals surface area contributed by atoms with Gasteiger partial charge in [0.15, 0.2) is 18.1 Å². The van der Waals surface area contributed by atoms with Crippen LogP contribution in [0, 0.1) is 0 Å². The maximum atomic E-state index is 13.3. The van der Waals surface area contributed by atoms with Gasteiger partial charge in [-0.25, -0.2) is 0 Å². The lowest BCUT2D eigenvalue weighted by molar-refractivity contribution is -0.121. The molecular formula is C32H38N2O7.